The molecular weight excluding hydrogens is 352 g/mol. The van der Waals surface area contributed by atoms with Gasteiger partial charge in [-0.1, -0.05) is 6.07 Å². The van der Waals surface area contributed by atoms with E-state index in [1.165, 1.54) is 22.5 Å². The van der Waals surface area contributed by atoms with Crippen molar-refractivity contribution in [1.82, 2.24) is 5.32 Å². The third kappa shape index (κ3) is 4.70. The first-order valence-corrected chi connectivity index (χ1v) is 9.25. The summed E-state index contributed by atoms with van der Waals surface area (Å²) in [5.41, 5.74) is 3.28. The summed E-state index contributed by atoms with van der Waals surface area (Å²) in [5, 5.41) is 5.20. The van der Waals surface area contributed by atoms with Crippen LogP contribution in [-0.4, -0.2) is 30.9 Å². The van der Waals surface area contributed by atoms with Crippen LogP contribution in [0.25, 0.3) is 0 Å². The van der Waals surface area contributed by atoms with Crippen molar-refractivity contribution in [3.05, 3.63) is 51.2 Å². The molecule has 0 radical (unpaired) electrons. The average Bonchev–Trinajstić information content (AvgIpc) is 3.26. The summed E-state index contributed by atoms with van der Waals surface area (Å²) in [6.07, 6.45) is 3.25. The number of aryl methyl sites for hydroxylation is 3. The fourth-order valence-corrected chi connectivity index (χ4v) is 3.62. The third-order valence-corrected chi connectivity index (χ3v) is 5.10. The van der Waals surface area contributed by atoms with Gasteiger partial charge in [-0.2, -0.15) is 0 Å². The molecule has 7 heteroatoms. The fourth-order valence-electron chi connectivity index (χ4n) is 2.84. The smallest absolute Gasteiger partial charge is 0.325 e. The normalized spacial score (nSPS) is 12.3. The molecule has 0 fully saturated rings. The van der Waals surface area contributed by atoms with Gasteiger partial charge in [0.2, 0.25) is 0 Å². The van der Waals surface area contributed by atoms with Gasteiger partial charge in [-0.15, -0.1) is 11.3 Å². The second-order valence-corrected chi connectivity index (χ2v) is 7.43. The highest BCUT2D eigenvalue weighted by Gasteiger charge is 2.14. The molecule has 6 nitrogen and oxygen atoms in total. The summed E-state index contributed by atoms with van der Waals surface area (Å²) in [7, 11) is 0. The fraction of sp³-hybridized carbons (Fsp3) is 0.316. The third-order valence-electron chi connectivity index (χ3n) is 4.10. The molecule has 1 aromatic heterocycles. The molecular formula is C19H20N2O4S. The summed E-state index contributed by atoms with van der Waals surface area (Å²) in [4.78, 5) is 37.0. The molecule has 0 bridgehead atoms. The standard InChI is InChI=1S/C19H20N2O4S/c1-12-5-8-16(26-12)19(24)20-10-18(23)25-11-17(22)21-15-7-6-13-3-2-4-14(13)9-15/h5-9H,2-4,10-11H2,1H3,(H,20,24)(H,21,22). The molecule has 0 atom stereocenters. The number of hydrogen-bond acceptors (Lipinski definition) is 5. The van der Waals surface area contributed by atoms with E-state index in [0.717, 1.165) is 24.1 Å². The number of benzene rings is 1. The summed E-state index contributed by atoms with van der Waals surface area (Å²) >= 11 is 1.35. The Labute approximate surface area is 155 Å². The number of rotatable bonds is 6. The minimum Gasteiger partial charge on any atom is -0.454 e. The molecule has 3 rings (SSSR count). The van der Waals surface area contributed by atoms with Gasteiger partial charge in [0.25, 0.3) is 11.8 Å². The SMILES string of the molecule is Cc1ccc(C(=O)NCC(=O)OCC(=O)Nc2ccc3c(c2)CCC3)s1. The lowest BCUT2D eigenvalue weighted by molar-refractivity contribution is -0.146. The molecule has 2 N–H and O–H groups in total. The molecule has 136 valence electrons. The predicted octanol–water partition coefficient (Wildman–Crippen LogP) is 2.46. The predicted molar refractivity (Wildman–Crippen MR) is 99.4 cm³/mol. The second kappa shape index (κ2) is 8.14. The molecule has 0 saturated carbocycles. The number of nitrogens with one attached hydrogen (secondary N) is 2. The maximum Gasteiger partial charge on any atom is 0.325 e. The summed E-state index contributed by atoms with van der Waals surface area (Å²) in [5.74, 6) is -1.39. The lowest BCUT2D eigenvalue weighted by atomic mass is 10.1. The Morgan fingerprint density at radius 1 is 1.12 bits per heavy atom. The molecule has 1 aromatic carbocycles. The number of esters is 1. The van der Waals surface area contributed by atoms with E-state index in [2.05, 4.69) is 10.6 Å². The number of ether oxygens (including phenoxy) is 1. The molecule has 1 aliphatic rings. The van der Waals surface area contributed by atoms with Crippen molar-refractivity contribution in [2.75, 3.05) is 18.5 Å². The van der Waals surface area contributed by atoms with Crippen molar-refractivity contribution in [2.45, 2.75) is 26.2 Å². The lowest BCUT2D eigenvalue weighted by Crippen LogP contribution is -2.31. The highest BCUT2D eigenvalue weighted by atomic mass is 32.1. The number of carbonyl (C=O) groups excluding carboxylic acids is 3. The number of anilines is 1. The van der Waals surface area contributed by atoms with Crippen LogP contribution in [-0.2, 0) is 27.2 Å². The topological polar surface area (TPSA) is 84.5 Å². The van der Waals surface area contributed by atoms with Crippen molar-refractivity contribution >= 4 is 34.8 Å². The molecule has 2 amide bonds. The van der Waals surface area contributed by atoms with Gasteiger partial charge in [0.15, 0.2) is 6.61 Å². The molecule has 1 aliphatic carbocycles. The number of amides is 2. The Hall–Kier alpha value is -2.67. The number of fused-ring (bicyclic) bond motifs is 1. The van der Waals surface area contributed by atoms with Crippen LogP contribution in [0, 0.1) is 6.92 Å². The lowest BCUT2D eigenvalue weighted by Gasteiger charge is -2.08. The Kier molecular flexibility index (Phi) is 5.68. The van der Waals surface area contributed by atoms with Crippen LogP contribution in [0.15, 0.2) is 30.3 Å². The number of carbonyl (C=O) groups is 3. The van der Waals surface area contributed by atoms with Crippen LogP contribution >= 0.6 is 11.3 Å². The van der Waals surface area contributed by atoms with E-state index in [1.807, 2.05) is 31.2 Å². The Morgan fingerprint density at radius 3 is 2.69 bits per heavy atom. The van der Waals surface area contributed by atoms with E-state index in [4.69, 9.17) is 4.74 Å². The maximum absolute atomic E-state index is 11.9. The van der Waals surface area contributed by atoms with E-state index in [1.54, 1.807) is 6.07 Å². The molecule has 0 aliphatic heterocycles. The van der Waals surface area contributed by atoms with Gasteiger partial charge in [0, 0.05) is 10.6 Å². The van der Waals surface area contributed by atoms with Crippen molar-refractivity contribution < 1.29 is 19.1 Å². The molecule has 0 unspecified atom stereocenters. The van der Waals surface area contributed by atoms with Gasteiger partial charge >= 0.3 is 5.97 Å². The first-order valence-electron chi connectivity index (χ1n) is 8.43. The van der Waals surface area contributed by atoms with Crippen LogP contribution in [0.5, 0.6) is 0 Å². The highest BCUT2D eigenvalue weighted by molar-refractivity contribution is 7.13. The summed E-state index contributed by atoms with van der Waals surface area (Å²) in [6, 6.07) is 9.37. The Morgan fingerprint density at radius 2 is 1.92 bits per heavy atom. The summed E-state index contributed by atoms with van der Waals surface area (Å²) in [6.45, 7) is 1.24. The zero-order valence-corrected chi connectivity index (χ0v) is 15.3. The average molecular weight is 372 g/mol. The maximum atomic E-state index is 11.9. The minimum atomic E-state index is -0.657. The van der Waals surface area contributed by atoms with Gasteiger partial charge < -0.3 is 15.4 Å². The zero-order valence-electron chi connectivity index (χ0n) is 14.5. The van der Waals surface area contributed by atoms with E-state index in [9.17, 15) is 14.4 Å². The first kappa shape index (κ1) is 18.1. The quantitative estimate of drug-likeness (QED) is 0.763. The molecule has 2 aromatic rings. The van der Waals surface area contributed by atoms with E-state index >= 15 is 0 Å². The Bertz CT molecular complexity index is 844. The second-order valence-electron chi connectivity index (χ2n) is 6.14. The van der Waals surface area contributed by atoms with E-state index in [-0.39, 0.29) is 19.1 Å². The molecule has 0 saturated heterocycles. The Balaban J connectivity index is 1.40. The van der Waals surface area contributed by atoms with Gasteiger partial charge in [-0.3, -0.25) is 14.4 Å². The van der Waals surface area contributed by atoms with Crippen molar-refractivity contribution in [3.63, 3.8) is 0 Å². The number of hydrogen-bond donors (Lipinski definition) is 2. The summed E-state index contributed by atoms with van der Waals surface area (Å²) < 4.78 is 4.90. The molecule has 1 heterocycles. The highest BCUT2D eigenvalue weighted by Crippen LogP contribution is 2.24. The van der Waals surface area contributed by atoms with E-state index < -0.39 is 11.9 Å². The molecule has 26 heavy (non-hydrogen) atoms. The van der Waals surface area contributed by atoms with Gasteiger partial charge in [-0.05, 0) is 61.6 Å². The minimum absolute atomic E-state index is 0.276. The van der Waals surface area contributed by atoms with E-state index in [0.29, 0.717) is 10.6 Å². The monoisotopic (exact) mass is 372 g/mol. The van der Waals surface area contributed by atoms with Crippen molar-refractivity contribution in [2.24, 2.45) is 0 Å². The van der Waals surface area contributed by atoms with Crippen LogP contribution in [0.4, 0.5) is 5.69 Å². The first-order chi connectivity index (χ1) is 12.5. The largest absolute Gasteiger partial charge is 0.454 e. The van der Waals surface area contributed by atoms with Crippen molar-refractivity contribution in [1.29, 1.82) is 0 Å². The van der Waals surface area contributed by atoms with Gasteiger partial charge in [0.05, 0.1) is 4.88 Å². The zero-order chi connectivity index (χ0) is 18.5. The number of thiophene rings is 1. The van der Waals surface area contributed by atoms with Gasteiger partial charge in [0.1, 0.15) is 6.54 Å². The molecule has 0 spiro atoms. The van der Waals surface area contributed by atoms with Crippen LogP contribution < -0.4 is 10.6 Å². The van der Waals surface area contributed by atoms with Gasteiger partial charge in [-0.25, -0.2) is 0 Å². The van der Waals surface area contributed by atoms with Crippen molar-refractivity contribution in [3.8, 4) is 0 Å². The van der Waals surface area contributed by atoms with Crippen LogP contribution in [0.3, 0.4) is 0 Å². The van der Waals surface area contributed by atoms with Crippen LogP contribution in [0.1, 0.15) is 32.1 Å². The van der Waals surface area contributed by atoms with Crippen LogP contribution in [0.2, 0.25) is 0 Å².